The molecule has 8 heteroatoms. The van der Waals surface area contributed by atoms with Crippen LogP contribution in [0, 0.1) is 5.82 Å². The lowest BCUT2D eigenvalue weighted by Crippen LogP contribution is -2.33. The Kier molecular flexibility index (Phi) is 6.37. The minimum atomic E-state index is -4.74. The van der Waals surface area contributed by atoms with Gasteiger partial charge in [0, 0.05) is 23.9 Å². The second-order valence-corrected chi connectivity index (χ2v) is 6.76. The van der Waals surface area contributed by atoms with Gasteiger partial charge in [0.05, 0.1) is 5.02 Å². The number of benzene rings is 2. The van der Waals surface area contributed by atoms with Crippen molar-refractivity contribution in [3.05, 3.63) is 94.5 Å². The molecular formula is C21H15ClF5NO. The molecule has 0 N–H and O–H groups in total. The number of halogens is 6. The van der Waals surface area contributed by atoms with Crippen molar-refractivity contribution in [2.24, 2.45) is 0 Å². The zero-order chi connectivity index (χ0) is 21.0. The van der Waals surface area contributed by atoms with E-state index in [1.165, 1.54) is 6.20 Å². The molecule has 0 bridgehead atoms. The van der Waals surface area contributed by atoms with Crippen LogP contribution in [0.15, 0.2) is 66.9 Å². The van der Waals surface area contributed by atoms with Crippen molar-refractivity contribution in [1.29, 1.82) is 0 Å². The summed E-state index contributed by atoms with van der Waals surface area (Å²) in [5.41, 5.74) is 1.65. The largest absolute Gasteiger partial charge is 0.461 e. The number of rotatable bonds is 7. The molecule has 0 amide bonds. The first kappa shape index (κ1) is 21.0. The van der Waals surface area contributed by atoms with Crippen molar-refractivity contribution in [3.63, 3.8) is 0 Å². The Morgan fingerprint density at radius 2 is 1.72 bits per heavy atom. The van der Waals surface area contributed by atoms with Gasteiger partial charge in [-0.05, 0) is 41.8 Å². The molecule has 29 heavy (non-hydrogen) atoms. The van der Waals surface area contributed by atoms with Gasteiger partial charge in [-0.3, -0.25) is 4.98 Å². The Morgan fingerprint density at radius 3 is 2.34 bits per heavy atom. The first-order chi connectivity index (χ1) is 13.7. The van der Waals surface area contributed by atoms with E-state index in [1.807, 2.05) is 30.3 Å². The number of pyridine rings is 1. The first-order valence-corrected chi connectivity index (χ1v) is 8.93. The summed E-state index contributed by atoms with van der Waals surface area (Å²) in [6.07, 6.45) is -7.01. The number of hydrogen-bond acceptors (Lipinski definition) is 2. The Balaban J connectivity index is 2.01. The molecule has 0 saturated heterocycles. The number of ether oxygens (including phenoxy) is 1. The zero-order valence-electron chi connectivity index (χ0n) is 14.8. The Labute approximate surface area is 168 Å². The van der Waals surface area contributed by atoms with Gasteiger partial charge in [-0.15, -0.1) is 0 Å². The van der Waals surface area contributed by atoms with E-state index in [0.29, 0.717) is 23.2 Å². The van der Waals surface area contributed by atoms with Gasteiger partial charge >= 0.3 is 12.5 Å². The van der Waals surface area contributed by atoms with Crippen LogP contribution in [-0.2, 0) is 6.42 Å². The highest BCUT2D eigenvalue weighted by atomic mass is 35.5. The summed E-state index contributed by atoms with van der Waals surface area (Å²) in [4.78, 5) is 4.25. The smallest absolute Gasteiger partial charge is 0.428 e. The molecule has 0 spiro atoms. The van der Waals surface area contributed by atoms with Gasteiger partial charge in [-0.1, -0.05) is 41.9 Å². The van der Waals surface area contributed by atoms with Crippen LogP contribution in [0.3, 0.4) is 0 Å². The molecule has 0 saturated carbocycles. The third-order valence-corrected chi connectivity index (χ3v) is 4.42. The van der Waals surface area contributed by atoms with Crippen molar-refractivity contribution in [1.82, 2.24) is 4.98 Å². The van der Waals surface area contributed by atoms with Crippen LogP contribution in [0.1, 0.15) is 22.7 Å². The zero-order valence-corrected chi connectivity index (χ0v) is 15.6. The third kappa shape index (κ3) is 5.44. The lowest BCUT2D eigenvalue weighted by atomic mass is 9.88. The Hall–Kier alpha value is -2.67. The summed E-state index contributed by atoms with van der Waals surface area (Å²) in [5.74, 6) is -2.14. The second kappa shape index (κ2) is 8.78. The summed E-state index contributed by atoms with van der Waals surface area (Å²) < 4.78 is 69.7. The normalized spacial score (nSPS) is 12.8. The maximum absolute atomic E-state index is 14.1. The van der Waals surface area contributed by atoms with Crippen molar-refractivity contribution in [2.45, 2.75) is 24.9 Å². The Morgan fingerprint density at radius 1 is 1.00 bits per heavy atom. The first-order valence-electron chi connectivity index (χ1n) is 8.55. The predicted octanol–water partition coefficient (Wildman–Crippen LogP) is 6.49. The van der Waals surface area contributed by atoms with Crippen LogP contribution in [-0.4, -0.2) is 17.5 Å². The molecule has 0 radical (unpaired) electrons. The summed E-state index contributed by atoms with van der Waals surface area (Å²) in [7, 11) is 0. The summed E-state index contributed by atoms with van der Waals surface area (Å²) in [6.45, 7) is 0. The van der Waals surface area contributed by atoms with Gasteiger partial charge < -0.3 is 4.74 Å². The van der Waals surface area contributed by atoms with Gasteiger partial charge in [0.1, 0.15) is 11.6 Å². The van der Waals surface area contributed by atoms with Crippen molar-refractivity contribution >= 4 is 11.6 Å². The van der Waals surface area contributed by atoms with Crippen LogP contribution >= 0.6 is 11.6 Å². The molecule has 1 atom stereocenters. The van der Waals surface area contributed by atoms with Crippen LogP contribution in [0.2, 0.25) is 5.02 Å². The maximum Gasteiger partial charge on any atom is 0.461 e. The fraction of sp³-hybridized carbons (Fsp3) is 0.190. The van der Waals surface area contributed by atoms with E-state index >= 15 is 0 Å². The van der Waals surface area contributed by atoms with Gasteiger partial charge in [-0.25, -0.2) is 4.39 Å². The lowest BCUT2D eigenvalue weighted by molar-refractivity contribution is -0.253. The van der Waals surface area contributed by atoms with Crippen molar-refractivity contribution in [2.75, 3.05) is 0 Å². The number of aromatic nitrogens is 1. The van der Waals surface area contributed by atoms with E-state index in [4.69, 9.17) is 11.6 Å². The molecule has 1 heterocycles. The van der Waals surface area contributed by atoms with E-state index in [1.54, 1.807) is 12.1 Å². The number of alkyl halides is 4. The van der Waals surface area contributed by atoms with E-state index in [-0.39, 0.29) is 5.56 Å². The van der Waals surface area contributed by atoms with Crippen LogP contribution in [0.4, 0.5) is 22.0 Å². The quantitative estimate of drug-likeness (QED) is 0.402. The number of hydrogen-bond donors (Lipinski definition) is 0. The molecule has 3 rings (SSSR count). The lowest BCUT2D eigenvalue weighted by Gasteiger charge is -2.21. The molecule has 2 aromatic carbocycles. The average Bonchev–Trinajstić information content (AvgIpc) is 2.67. The minimum Gasteiger partial charge on any atom is -0.428 e. The van der Waals surface area contributed by atoms with Crippen molar-refractivity contribution < 1.29 is 26.7 Å². The Bertz CT molecular complexity index is 951. The molecule has 2 nitrogen and oxygen atoms in total. The molecule has 0 fully saturated rings. The standard InChI is InChI=1S/C21H15ClF5NO/c22-15-6-7-19(28-12-15)18(8-13-4-2-1-3-5-13)14-9-16(23)11-17(10-14)29-21(26,27)20(24)25/h1-7,9-12,18,20H,8H2/t18-/m1/s1. The monoisotopic (exact) mass is 427 g/mol. The SMILES string of the molecule is Fc1cc(OC(F)(F)C(F)F)cc([C@@H](Cc2ccccc2)c2ccc(Cl)cn2)c1. The molecule has 152 valence electrons. The third-order valence-electron chi connectivity index (χ3n) is 4.19. The van der Waals surface area contributed by atoms with Gasteiger partial charge in [0.25, 0.3) is 0 Å². The van der Waals surface area contributed by atoms with Gasteiger partial charge in [0.15, 0.2) is 0 Å². The topological polar surface area (TPSA) is 22.1 Å². The van der Waals surface area contributed by atoms with Crippen molar-refractivity contribution in [3.8, 4) is 5.75 Å². The summed E-state index contributed by atoms with van der Waals surface area (Å²) in [5, 5.41) is 0.395. The highest BCUT2D eigenvalue weighted by Gasteiger charge is 2.44. The molecule has 0 aliphatic carbocycles. The van der Waals surface area contributed by atoms with Gasteiger partial charge in [0.2, 0.25) is 0 Å². The molecule has 0 aliphatic heterocycles. The second-order valence-electron chi connectivity index (χ2n) is 6.33. The van der Waals surface area contributed by atoms with E-state index < -0.39 is 30.0 Å². The molecule has 0 unspecified atom stereocenters. The predicted molar refractivity (Wildman–Crippen MR) is 99.2 cm³/mol. The van der Waals surface area contributed by atoms with Crippen LogP contribution in [0.5, 0.6) is 5.75 Å². The number of nitrogens with zero attached hydrogens (tertiary/aromatic N) is 1. The highest BCUT2D eigenvalue weighted by Crippen LogP contribution is 2.34. The molecule has 3 aromatic rings. The fourth-order valence-electron chi connectivity index (χ4n) is 2.88. The maximum atomic E-state index is 14.1. The summed E-state index contributed by atoms with van der Waals surface area (Å²) in [6, 6.07) is 15.3. The highest BCUT2D eigenvalue weighted by molar-refractivity contribution is 6.30. The van der Waals surface area contributed by atoms with E-state index in [9.17, 15) is 22.0 Å². The summed E-state index contributed by atoms with van der Waals surface area (Å²) >= 11 is 5.88. The average molecular weight is 428 g/mol. The van der Waals surface area contributed by atoms with E-state index in [0.717, 1.165) is 17.7 Å². The van der Waals surface area contributed by atoms with Gasteiger partial charge in [-0.2, -0.15) is 17.6 Å². The fourth-order valence-corrected chi connectivity index (χ4v) is 2.99. The minimum absolute atomic E-state index is 0.253. The van der Waals surface area contributed by atoms with E-state index in [2.05, 4.69) is 9.72 Å². The molecule has 1 aromatic heterocycles. The molecular weight excluding hydrogens is 413 g/mol. The van der Waals surface area contributed by atoms with Crippen LogP contribution < -0.4 is 4.74 Å². The van der Waals surface area contributed by atoms with Crippen LogP contribution in [0.25, 0.3) is 0 Å². The molecule has 0 aliphatic rings.